The van der Waals surface area contributed by atoms with Crippen LogP contribution >= 0.6 is 0 Å². The molecule has 0 aromatic heterocycles. The summed E-state index contributed by atoms with van der Waals surface area (Å²) in [4.78, 5) is 11.5. The van der Waals surface area contributed by atoms with E-state index in [9.17, 15) is 40.5 Å². The molecule has 0 saturated carbocycles. The van der Waals surface area contributed by atoms with Crippen LogP contribution in [0.3, 0.4) is 0 Å². The SMILES string of the molecule is [2H]CC(=O)N[C@H]1C(O)O[C@H](CO)[C@H](O)[C@@H]1OC1O[C@H](CO)[C@H](O)[C@H](O)[C@H]1O. The molecule has 152 valence electrons. The monoisotopic (exact) mass is 384 g/mol. The van der Waals surface area contributed by atoms with Gasteiger partial charge in [0.2, 0.25) is 5.91 Å². The van der Waals surface area contributed by atoms with E-state index in [0.717, 1.165) is 0 Å². The predicted octanol–water partition coefficient (Wildman–Crippen LogP) is -5.25. The number of aliphatic hydroxyl groups is 7. The zero-order valence-electron chi connectivity index (χ0n) is 14.7. The van der Waals surface area contributed by atoms with Gasteiger partial charge in [-0.25, -0.2) is 0 Å². The van der Waals surface area contributed by atoms with Crippen molar-refractivity contribution in [1.82, 2.24) is 5.32 Å². The zero-order chi connectivity index (χ0) is 20.3. The second-order valence-electron chi connectivity index (χ2n) is 6.13. The molecule has 2 unspecified atom stereocenters. The van der Waals surface area contributed by atoms with Crippen LogP contribution in [0.1, 0.15) is 8.27 Å². The van der Waals surface area contributed by atoms with E-state index in [1.165, 1.54) is 0 Å². The Labute approximate surface area is 149 Å². The predicted molar refractivity (Wildman–Crippen MR) is 80.2 cm³/mol. The fraction of sp³-hybridized carbons (Fsp3) is 0.929. The molecule has 2 aliphatic heterocycles. The molecular formula is C14H25NO11. The van der Waals surface area contributed by atoms with Crippen LogP contribution in [0, 0.1) is 0 Å². The Balaban J connectivity index is 2.22. The van der Waals surface area contributed by atoms with Gasteiger partial charge in [-0.2, -0.15) is 0 Å². The highest BCUT2D eigenvalue weighted by molar-refractivity contribution is 5.73. The van der Waals surface area contributed by atoms with E-state index in [0.29, 0.717) is 0 Å². The molecule has 10 atom stereocenters. The summed E-state index contributed by atoms with van der Waals surface area (Å²) >= 11 is 0. The van der Waals surface area contributed by atoms with Crippen LogP contribution < -0.4 is 5.32 Å². The van der Waals surface area contributed by atoms with Crippen molar-refractivity contribution in [2.45, 2.75) is 68.2 Å². The first-order valence-electron chi connectivity index (χ1n) is 8.62. The van der Waals surface area contributed by atoms with Crippen molar-refractivity contribution in [3.05, 3.63) is 0 Å². The van der Waals surface area contributed by atoms with E-state index in [2.05, 4.69) is 5.32 Å². The standard InChI is InChI=1S/C14H25NO11/c1-4(18)15-7-12(9(20)6(3-17)24-13(7)23)26-14-11(22)10(21)8(19)5(2-16)25-14/h5-14,16-17,19-23H,2-3H2,1H3,(H,15,18)/t5-,6-,7-,8+,9+,10+,11-,12-,13?,14?/m1/s1/i1D. The molecule has 2 saturated heterocycles. The molecule has 1 amide bonds. The summed E-state index contributed by atoms with van der Waals surface area (Å²) in [7, 11) is 0. The number of aliphatic hydroxyl groups excluding tert-OH is 7. The van der Waals surface area contributed by atoms with Crippen molar-refractivity contribution in [3.8, 4) is 0 Å². The van der Waals surface area contributed by atoms with Crippen LogP contribution in [-0.2, 0) is 19.0 Å². The number of carbonyl (C=O) groups excluding carboxylic acids is 1. The summed E-state index contributed by atoms with van der Waals surface area (Å²) in [5, 5.41) is 70.8. The largest absolute Gasteiger partial charge is 0.394 e. The highest BCUT2D eigenvalue weighted by Gasteiger charge is 2.50. The average molecular weight is 384 g/mol. The first-order valence-corrected chi connectivity index (χ1v) is 7.92. The van der Waals surface area contributed by atoms with Gasteiger partial charge in [-0.3, -0.25) is 4.79 Å². The lowest BCUT2D eigenvalue weighted by Gasteiger charge is -2.46. The fourth-order valence-electron chi connectivity index (χ4n) is 2.92. The molecule has 26 heavy (non-hydrogen) atoms. The van der Waals surface area contributed by atoms with E-state index in [1.807, 2.05) is 0 Å². The molecule has 0 aliphatic carbocycles. The zero-order valence-corrected chi connectivity index (χ0v) is 13.7. The molecule has 0 radical (unpaired) electrons. The van der Waals surface area contributed by atoms with Crippen LogP contribution in [0.25, 0.3) is 0 Å². The number of hydrogen-bond donors (Lipinski definition) is 8. The van der Waals surface area contributed by atoms with Gasteiger partial charge < -0.3 is 55.3 Å². The number of amides is 1. The van der Waals surface area contributed by atoms with Crippen molar-refractivity contribution < 1.29 is 56.1 Å². The average Bonchev–Trinajstić information content (AvgIpc) is 2.66. The lowest BCUT2D eigenvalue weighted by molar-refractivity contribution is -0.341. The Bertz CT molecular complexity index is 498. The fourth-order valence-corrected chi connectivity index (χ4v) is 2.92. The minimum atomic E-state index is -1.78. The van der Waals surface area contributed by atoms with Crippen molar-refractivity contribution in [2.75, 3.05) is 13.2 Å². The van der Waals surface area contributed by atoms with Crippen molar-refractivity contribution in [2.24, 2.45) is 0 Å². The summed E-state index contributed by atoms with van der Waals surface area (Å²) in [6, 6.07) is -1.40. The number of hydrogen-bond acceptors (Lipinski definition) is 11. The summed E-state index contributed by atoms with van der Waals surface area (Å²) in [6.07, 6.45) is -14.2. The normalized spacial score (nSPS) is 47.3. The van der Waals surface area contributed by atoms with E-state index in [4.69, 9.17) is 15.6 Å². The molecule has 0 aromatic rings. The Kier molecular flexibility index (Phi) is 6.74. The summed E-state index contributed by atoms with van der Waals surface area (Å²) in [5.74, 6) is -0.820. The topological polar surface area (TPSA) is 198 Å². The number of carbonyl (C=O) groups is 1. The number of nitrogens with one attached hydrogen (secondary N) is 1. The Morgan fingerprint density at radius 3 is 2.19 bits per heavy atom. The minimum Gasteiger partial charge on any atom is -0.394 e. The van der Waals surface area contributed by atoms with Crippen molar-refractivity contribution in [1.29, 1.82) is 0 Å². The van der Waals surface area contributed by atoms with Gasteiger partial charge in [0.25, 0.3) is 0 Å². The maximum atomic E-state index is 11.5. The van der Waals surface area contributed by atoms with Crippen molar-refractivity contribution in [3.63, 3.8) is 0 Å². The van der Waals surface area contributed by atoms with Gasteiger partial charge in [0, 0.05) is 8.27 Å². The third-order valence-electron chi connectivity index (χ3n) is 4.34. The van der Waals surface area contributed by atoms with Gasteiger partial charge in [0.05, 0.1) is 13.2 Å². The summed E-state index contributed by atoms with van der Waals surface area (Å²) in [6.45, 7) is -2.09. The molecule has 2 fully saturated rings. The van der Waals surface area contributed by atoms with Gasteiger partial charge in [0.1, 0.15) is 48.8 Å². The van der Waals surface area contributed by atoms with Crippen LogP contribution in [0.5, 0.6) is 0 Å². The Morgan fingerprint density at radius 2 is 1.62 bits per heavy atom. The molecule has 8 N–H and O–H groups in total. The van der Waals surface area contributed by atoms with E-state index in [-0.39, 0.29) is 0 Å². The van der Waals surface area contributed by atoms with E-state index >= 15 is 0 Å². The summed E-state index contributed by atoms with van der Waals surface area (Å²) < 4.78 is 22.7. The Morgan fingerprint density at radius 1 is 1.00 bits per heavy atom. The van der Waals surface area contributed by atoms with Gasteiger partial charge in [-0.15, -0.1) is 0 Å². The first kappa shape index (κ1) is 19.8. The number of ether oxygens (including phenoxy) is 3. The van der Waals surface area contributed by atoms with Crippen LogP contribution in [0.2, 0.25) is 0 Å². The molecule has 0 bridgehead atoms. The van der Waals surface area contributed by atoms with Crippen LogP contribution in [0.4, 0.5) is 0 Å². The maximum absolute atomic E-state index is 11.5. The summed E-state index contributed by atoms with van der Waals surface area (Å²) in [5.41, 5.74) is 0. The second kappa shape index (κ2) is 8.84. The first-order chi connectivity index (χ1) is 12.7. The smallest absolute Gasteiger partial charge is 0.217 e. The number of rotatable bonds is 5. The molecule has 2 rings (SSSR count). The molecule has 0 spiro atoms. The van der Waals surface area contributed by atoms with E-state index in [1.54, 1.807) is 0 Å². The molecule has 2 aliphatic rings. The lowest BCUT2D eigenvalue weighted by atomic mass is 9.95. The molecule has 12 nitrogen and oxygen atoms in total. The lowest BCUT2D eigenvalue weighted by Crippen LogP contribution is -2.67. The third-order valence-corrected chi connectivity index (χ3v) is 4.34. The van der Waals surface area contributed by atoms with Crippen LogP contribution in [0.15, 0.2) is 0 Å². The second-order valence-corrected chi connectivity index (χ2v) is 6.13. The van der Waals surface area contributed by atoms with Gasteiger partial charge in [0.15, 0.2) is 12.6 Å². The quantitative estimate of drug-likeness (QED) is 0.225. The highest BCUT2D eigenvalue weighted by Crippen LogP contribution is 2.28. The van der Waals surface area contributed by atoms with Gasteiger partial charge in [-0.1, -0.05) is 0 Å². The minimum absolute atomic E-state index is 0.685. The maximum Gasteiger partial charge on any atom is 0.217 e. The molecular weight excluding hydrogens is 358 g/mol. The van der Waals surface area contributed by atoms with E-state index < -0.39 is 87.4 Å². The van der Waals surface area contributed by atoms with Crippen molar-refractivity contribution >= 4 is 5.91 Å². The van der Waals surface area contributed by atoms with Gasteiger partial charge in [-0.05, 0) is 0 Å². The van der Waals surface area contributed by atoms with Gasteiger partial charge >= 0.3 is 0 Å². The van der Waals surface area contributed by atoms with Crippen LogP contribution in [-0.4, -0.2) is 116 Å². The molecule has 12 heteroatoms. The molecule has 2 heterocycles. The molecule has 0 aromatic carbocycles. The third kappa shape index (κ3) is 4.31. The Hall–Kier alpha value is -0.930. The highest BCUT2D eigenvalue weighted by atomic mass is 16.7.